The highest BCUT2D eigenvalue weighted by Crippen LogP contribution is 2.47. The number of hydrogen-bond acceptors (Lipinski definition) is 5. The number of aldehydes is 1. The number of carbonyl (C=O) groups excluding carboxylic acids is 3. The van der Waals surface area contributed by atoms with Crippen molar-refractivity contribution in [3.8, 4) is 0 Å². The summed E-state index contributed by atoms with van der Waals surface area (Å²) in [5, 5.41) is 0. The Morgan fingerprint density at radius 2 is 2.04 bits per heavy atom. The van der Waals surface area contributed by atoms with Gasteiger partial charge in [0.1, 0.15) is 6.29 Å². The van der Waals surface area contributed by atoms with Crippen LogP contribution in [0.4, 0.5) is 0 Å². The average Bonchev–Trinajstić information content (AvgIpc) is 3.19. The third-order valence-electron chi connectivity index (χ3n) is 5.14. The lowest BCUT2D eigenvalue weighted by atomic mass is 9.67. The van der Waals surface area contributed by atoms with Crippen LogP contribution in [0.25, 0.3) is 0 Å². The fraction of sp³-hybridized carbons (Fsp3) is 0.632. The number of amides is 1. The molecule has 1 unspecified atom stereocenters. The van der Waals surface area contributed by atoms with Crippen LogP contribution in [0, 0.1) is 11.3 Å². The number of nitrogens with zero attached hydrogens (tertiary/aromatic N) is 1. The summed E-state index contributed by atoms with van der Waals surface area (Å²) in [6, 6.07) is 0. The van der Waals surface area contributed by atoms with Gasteiger partial charge < -0.3 is 9.69 Å². The van der Waals surface area contributed by atoms with Crippen LogP contribution in [0.15, 0.2) is 4.21 Å². The second kappa shape index (κ2) is 7.23. The van der Waals surface area contributed by atoms with Gasteiger partial charge in [0.15, 0.2) is 5.78 Å². The van der Waals surface area contributed by atoms with Crippen molar-refractivity contribution in [1.29, 1.82) is 0 Å². The number of thiophene rings is 1. The lowest BCUT2D eigenvalue weighted by Gasteiger charge is -2.35. The summed E-state index contributed by atoms with van der Waals surface area (Å²) in [5.74, 6) is 0.254. The third-order valence-corrected chi connectivity index (χ3v) is 7.84. The van der Waals surface area contributed by atoms with E-state index in [1.165, 1.54) is 11.3 Å². The van der Waals surface area contributed by atoms with Gasteiger partial charge in [-0.15, -0.1) is 23.1 Å². The number of hydrogen-bond donors (Lipinski definition) is 0. The van der Waals surface area contributed by atoms with Gasteiger partial charge in [-0.05, 0) is 42.4 Å². The first-order valence-electron chi connectivity index (χ1n) is 8.98. The second-order valence-electron chi connectivity index (χ2n) is 7.56. The van der Waals surface area contributed by atoms with Gasteiger partial charge in [-0.3, -0.25) is 9.59 Å². The zero-order valence-corrected chi connectivity index (χ0v) is 16.7. The molecule has 1 aliphatic heterocycles. The maximum atomic E-state index is 13.0. The van der Waals surface area contributed by atoms with Gasteiger partial charge in [-0.2, -0.15) is 0 Å². The molecule has 1 atom stereocenters. The van der Waals surface area contributed by atoms with E-state index in [0.29, 0.717) is 12.0 Å². The zero-order chi connectivity index (χ0) is 18.2. The predicted molar refractivity (Wildman–Crippen MR) is 102 cm³/mol. The van der Waals surface area contributed by atoms with E-state index in [1.54, 1.807) is 11.8 Å². The highest BCUT2D eigenvalue weighted by molar-refractivity contribution is 8.01. The molecule has 136 valence electrons. The molecule has 25 heavy (non-hydrogen) atoms. The zero-order valence-electron chi connectivity index (χ0n) is 15.1. The summed E-state index contributed by atoms with van der Waals surface area (Å²) in [6.45, 7) is 7.61. The minimum absolute atomic E-state index is 0.0650. The minimum Gasteiger partial charge on any atom is -0.338 e. The summed E-state index contributed by atoms with van der Waals surface area (Å²) >= 11 is 3.11. The summed E-state index contributed by atoms with van der Waals surface area (Å²) < 4.78 is 0.923. The molecule has 0 N–H and O–H groups in total. The van der Waals surface area contributed by atoms with Crippen LogP contribution in [0.1, 0.15) is 65.6 Å². The van der Waals surface area contributed by atoms with Crippen LogP contribution in [-0.4, -0.2) is 41.7 Å². The Kier molecular flexibility index (Phi) is 5.40. The van der Waals surface area contributed by atoms with Crippen LogP contribution < -0.4 is 0 Å². The molecule has 0 bridgehead atoms. The van der Waals surface area contributed by atoms with Crippen LogP contribution in [0.3, 0.4) is 0 Å². The smallest absolute Gasteiger partial charge is 0.264 e. The largest absolute Gasteiger partial charge is 0.338 e. The lowest BCUT2D eigenvalue weighted by Crippen LogP contribution is -2.39. The van der Waals surface area contributed by atoms with E-state index in [4.69, 9.17) is 0 Å². The maximum Gasteiger partial charge on any atom is 0.264 e. The van der Waals surface area contributed by atoms with Gasteiger partial charge in [0.2, 0.25) is 0 Å². The first-order chi connectivity index (χ1) is 11.9. The van der Waals surface area contributed by atoms with E-state index in [-0.39, 0.29) is 11.7 Å². The Bertz CT molecular complexity index is 702. The van der Waals surface area contributed by atoms with Crippen LogP contribution in [-0.2, 0) is 11.2 Å². The highest BCUT2D eigenvalue weighted by atomic mass is 32.2. The Labute approximate surface area is 157 Å². The van der Waals surface area contributed by atoms with Gasteiger partial charge in [-0.25, -0.2) is 0 Å². The van der Waals surface area contributed by atoms with Crippen molar-refractivity contribution < 1.29 is 14.4 Å². The number of ketones is 1. The SMILES string of the molecule is CCCSc1sc(C(=O)N2CCCC2)c2c1C(=O)C(C=O)C(C)(C)C2. The lowest BCUT2D eigenvalue weighted by molar-refractivity contribution is -0.112. The summed E-state index contributed by atoms with van der Waals surface area (Å²) in [7, 11) is 0. The molecule has 0 aromatic carbocycles. The molecule has 2 heterocycles. The normalized spacial score (nSPS) is 22.1. The Balaban J connectivity index is 2.08. The molecule has 2 aliphatic rings. The molecular formula is C19H25NO3S2. The molecule has 1 amide bonds. The molecule has 4 nitrogen and oxygen atoms in total. The van der Waals surface area contributed by atoms with Gasteiger partial charge in [0.05, 0.1) is 15.0 Å². The van der Waals surface area contributed by atoms with E-state index in [9.17, 15) is 14.4 Å². The van der Waals surface area contributed by atoms with Gasteiger partial charge in [0.25, 0.3) is 5.91 Å². The molecule has 1 aliphatic carbocycles. The summed E-state index contributed by atoms with van der Waals surface area (Å²) in [5.41, 5.74) is 1.09. The summed E-state index contributed by atoms with van der Waals surface area (Å²) in [4.78, 5) is 40.3. The van der Waals surface area contributed by atoms with Crippen molar-refractivity contribution in [2.75, 3.05) is 18.8 Å². The third kappa shape index (κ3) is 3.31. The van der Waals surface area contributed by atoms with E-state index in [2.05, 4.69) is 6.92 Å². The highest BCUT2D eigenvalue weighted by Gasteiger charge is 2.45. The van der Waals surface area contributed by atoms with Crippen molar-refractivity contribution in [1.82, 2.24) is 4.90 Å². The van der Waals surface area contributed by atoms with E-state index in [0.717, 1.165) is 59.0 Å². The molecule has 0 spiro atoms. The van der Waals surface area contributed by atoms with Gasteiger partial charge in [0, 0.05) is 18.7 Å². The minimum atomic E-state index is -0.620. The molecule has 6 heteroatoms. The average molecular weight is 380 g/mol. The molecule has 1 aromatic rings. The van der Waals surface area contributed by atoms with Crippen LogP contribution in [0.5, 0.6) is 0 Å². The number of fused-ring (bicyclic) bond motifs is 1. The number of carbonyl (C=O) groups is 3. The molecule has 0 radical (unpaired) electrons. The number of rotatable bonds is 5. The van der Waals surface area contributed by atoms with E-state index < -0.39 is 11.3 Å². The van der Waals surface area contributed by atoms with Gasteiger partial charge in [-0.1, -0.05) is 20.8 Å². The Morgan fingerprint density at radius 1 is 1.36 bits per heavy atom. The monoisotopic (exact) mass is 379 g/mol. The fourth-order valence-electron chi connectivity index (χ4n) is 3.71. The van der Waals surface area contributed by atoms with Crippen molar-refractivity contribution in [2.24, 2.45) is 11.3 Å². The van der Waals surface area contributed by atoms with E-state index in [1.807, 2.05) is 18.7 Å². The molecular weight excluding hydrogens is 354 g/mol. The number of thioether (sulfide) groups is 1. The molecule has 3 rings (SSSR count). The molecule has 0 saturated carbocycles. The van der Waals surface area contributed by atoms with Crippen molar-refractivity contribution in [3.05, 3.63) is 16.0 Å². The Morgan fingerprint density at radius 3 is 2.64 bits per heavy atom. The first kappa shape index (κ1) is 18.6. The first-order valence-corrected chi connectivity index (χ1v) is 10.8. The second-order valence-corrected chi connectivity index (χ2v) is 9.95. The predicted octanol–water partition coefficient (Wildman–Crippen LogP) is 4.07. The molecule has 1 fully saturated rings. The summed E-state index contributed by atoms with van der Waals surface area (Å²) in [6.07, 6.45) is 4.50. The Hall–Kier alpha value is -1.14. The van der Waals surface area contributed by atoms with Crippen molar-refractivity contribution >= 4 is 41.1 Å². The van der Waals surface area contributed by atoms with Crippen molar-refractivity contribution in [2.45, 2.75) is 50.7 Å². The van der Waals surface area contributed by atoms with Crippen LogP contribution in [0.2, 0.25) is 0 Å². The van der Waals surface area contributed by atoms with Gasteiger partial charge >= 0.3 is 0 Å². The molecule has 1 aromatic heterocycles. The topological polar surface area (TPSA) is 54.5 Å². The maximum absolute atomic E-state index is 13.0. The van der Waals surface area contributed by atoms with Crippen LogP contribution >= 0.6 is 23.1 Å². The quantitative estimate of drug-likeness (QED) is 0.440. The van der Waals surface area contributed by atoms with Crippen molar-refractivity contribution in [3.63, 3.8) is 0 Å². The standard InChI is InChI=1S/C19H25NO3S2/c1-4-9-24-18-14-12(10-19(2,3)13(11-21)15(14)22)16(25-18)17(23)20-7-5-6-8-20/h11,13H,4-10H2,1-3H3. The number of likely N-dealkylation sites (tertiary alicyclic amines) is 1. The fourth-order valence-corrected chi connectivity index (χ4v) is 6.23. The molecule has 1 saturated heterocycles. The van der Waals surface area contributed by atoms with E-state index >= 15 is 0 Å². The number of Topliss-reactive ketones (excluding diaryl/α,β-unsaturated/α-hetero) is 1.